The van der Waals surface area contributed by atoms with Crippen LogP contribution in [-0.2, 0) is 15.3 Å². The molecule has 1 saturated heterocycles. The molecule has 12 heteroatoms. The summed E-state index contributed by atoms with van der Waals surface area (Å²) in [6.07, 6.45) is 2.91. The summed E-state index contributed by atoms with van der Waals surface area (Å²) in [5.41, 5.74) is 1.51. The molecule has 1 aliphatic rings. The van der Waals surface area contributed by atoms with Crippen molar-refractivity contribution >= 4 is 62.1 Å². The Bertz CT molecular complexity index is 1830. The van der Waals surface area contributed by atoms with Gasteiger partial charge in [0.2, 0.25) is 5.13 Å². The lowest BCUT2D eigenvalue weighted by Crippen LogP contribution is -2.29. The Morgan fingerprint density at radius 3 is 2.46 bits per heavy atom. The number of nitro groups is 1. The Kier molecular flexibility index (Phi) is 7.00. The summed E-state index contributed by atoms with van der Waals surface area (Å²) in [5.74, 6) is -1.55. The summed E-state index contributed by atoms with van der Waals surface area (Å²) in [5, 5.41) is 33.3. The fourth-order valence-corrected chi connectivity index (χ4v) is 6.58. The molecule has 0 saturated carbocycles. The second-order valence-corrected chi connectivity index (χ2v) is 11.2. The number of hydrogen-bond acceptors (Lipinski definition) is 10. The topological polar surface area (TPSA) is 139 Å². The van der Waals surface area contributed by atoms with Gasteiger partial charge in [-0.3, -0.25) is 29.6 Å². The Morgan fingerprint density at radius 1 is 0.976 bits per heavy atom. The van der Waals surface area contributed by atoms with Crippen molar-refractivity contribution in [3.8, 4) is 0 Å². The summed E-state index contributed by atoms with van der Waals surface area (Å²) in [6.45, 7) is 0. The Hall–Kier alpha value is -4.94. The van der Waals surface area contributed by atoms with Gasteiger partial charge in [-0.15, -0.1) is 10.2 Å². The average Bonchev–Trinajstić information content (AvgIpc) is 3.58. The lowest BCUT2D eigenvalue weighted by molar-refractivity contribution is -0.384. The fourth-order valence-electron chi connectivity index (χ4n) is 4.70. The van der Waals surface area contributed by atoms with E-state index in [2.05, 4.69) is 21.2 Å². The van der Waals surface area contributed by atoms with Crippen LogP contribution in [-0.4, -0.2) is 36.9 Å². The van der Waals surface area contributed by atoms with Crippen LogP contribution in [0.25, 0.3) is 16.5 Å². The molecule has 10 nitrogen and oxygen atoms in total. The number of Topliss-reactive ketones (excluding diaryl/α,β-unsaturated/α-hetero) is 1. The van der Waals surface area contributed by atoms with Crippen LogP contribution in [0, 0.1) is 10.1 Å². The summed E-state index contributed by atoms with van der Waals surface area (Å²) >= 11 is 2.60. The van der Waals surface area contributed by atoms with E-state index in [1.165, 1.54) is 65.5 Å². The third-order valence-corrected chi connectivity index (χ3v) is 8.76. The van der Waals surface area contributed by atoms with Gasteiger partial charge in [0, 0.05) is 35.8 Å². The van der Waals surface area contributed by atoms with Crippen molar-refractivity contribution in [2.75, 3.05) is 4.90 Å². The Balaban J connectivity index is 1.37. The van der Waals surface area contributed by atoms with Crippen molar-refractivity contribution in [2.45, 2.75) is 16.1 Å². The van der Waals surface area contributed by atoms with E-state index in [1.54, 1.807) is 0 Å². The lowest BCUT2D eigenvalue weighted by atomic mass is 9.95. The number of amides is 1. The minimum Gasteiger partial charge on any atom is -0.507 e. The van der Waals surface area contributed by atoms with E-state index in [1.807, 2.05) is 36.4 Å². The third kappa shape index (κ3) is 4.94. The number of nitrogens with zero attached hydrogens (tertiary/aromatic N) is 5. The number of non-ortho nitro benzene ring substituents is 1. The van der Waals surface area contributed by atoms with Crippen LogP contribution in [0.3, 0.4) is 0 Å². The zero-order valence-electron chi connectivity index (χ0n) is 21.1. The fraction of sp³-hybridized carbons (Fsp3) is 0.0690. The van der Waals surface area contributed by atoms with Crippen LogP contribution >= 0.6 is 23.1 Å². The van der Waals surface area contributed by atoms with Crippen LogP contribution < -0.4 is 4.90 Å². The Labute approximate surface area is 241 Å². The molecule has 0 radical (unpaired) electrons. The molecule has 1 amide bonds. The number of aliphatic hydroxyl groups is 1. The van der Waals surface area contributed by atoms with E-state index in [0.717, 1.165) is 27.7 Å². The molecule has 1 N–H and O–H groups in total. The molecule has 41 heavy (non-hydrogen) atoms. The average molecular weight is 582 g/mol. The van der Waals surface area contributed by atoms with Crippen LogP contribution in [0.15, 0.2) is 101 Å². The number of aromatic nitrogens is 3. The van der Waals surface area contributed by atoms with Crippen molar-refractivity contribution in [2.24, 2.45) is 0 Å². The second-order valence-electron chi connectivity index (χ2n) is 9.03. The molecule has 6 rings (SSSR count). The predicted molar refractivity (Wildman–Crippen MR) is 156 cm³/mol. The molecule has 3 heterocycles. The molecular weight excluding hydrogens is 562 g/mol. The largest absolute Gasteiger partial charge is 0.507 e. The molecule has 1 fully saturated rings. The van der Waals surface area contributed by atoms with Gasteiger partial charge >= 0.3 is 5.91 Å². The van der Waals surface area contributed by atoms with Crippen LogP contribution in [0.1, 0.15) is 22.7 Å². The number of aliphatic hydroxyl groups excluding tert-OH is 1. The number of rotatable bonds is 7. The number of hydrogen-bond donors (Lipinski definition) is 1. The van der Waals surface area contributed by atoms with Gasteiger partial charge in [-0.2, -0.15) is 0 Å². The molecule has 0 aliphatic carbocycles. The molecule has 202 valence electrons. The first kappa shape index (κ1) is 26.3. The number of pyridine rings is 1. The first-order valence-electron chi connectivity index (χ1n) is 12.3. The van der Waals surface area contributed by atoms with Crippen molar-refractivity contribution in [3.63, 3.8) is 0 Å². The van der Waals surface area contributed by atoms with Crippen molar-refractivity contribution in [1.29, 1.82) is 0 Å². The highest BCUT2D eigenvalue weighted by atomic mass is 32.2. The molecule has 3 aromatic carbocycles. The van der Waals surface area contributed by atoms with Gasteiger partial charge in [0.15, 0.2) is 4.34 Å². The zero-order valence-corrected chi connectivity index (χ0v) is 22.7. The van der Waals surface area contributed by atoms with E-state index < -0.39 is 22.7 Å². The minimum absolute atomic E-state index is 0.150. The molecule has 1 atom stereocenters. The summed E-state index contributed by atoms with van der Waals surface area (Å²) in [7, 11) is 0. The van der Waals surface area contributed by atoms with Gasteiger partial charge in [-0.25, -0.2) is 0 Å². The number of thioether (sulfide) groups is 1. The normalized spacial score (nSPS) is 16.4. The van der Waals surface area contributed by atoms with Crippen LogP contribution in [0.5, 0.6) is 0 Å². The number of benzene rings is 3. The molecule has 2 aromatic heterocycles. The molecule has 0 spiro atoms. The van der Waals surface area contributed by atoms with Gasteiger partial charge in [0.25, 0.3) is 11.5 Å². The van der Waals surface area contributed by atoms with E-state index in [9.17, 15) is 24.8 Å². The van der Waals surface area contributed by atoms with Crippen LogP contribution in [0.2, 0.25) is 0 Å². The maximum Gasteiger partial charge on any atom is 0.301 e. The SMILES string of the molecule is O=C1C(=O)N(c2nnc(SCc3cccc4ccccc34)s2)C(c2ccc([N+](=O)[O-])cc2)C1=C(O)c1ccncc1. The summed E-state index contributed by atoms with van der Waals surface area (Å²) < 4.78 is 0.589. The molecule has 1 unspecified atom stereocenters. The van der Waals surface area contributed by atoms with Gasteiger partial charge in [0.1, 0.15) is 5.76 Å². The first-order chi connectivity index (χ1) is 19.9. The quantitative estimate of drug-likeness (QED) is 0.0472. The standard InChI is InChI=1S/C29H19N5O5S2/c35-25(19-12-14-30-15-13-19)23-24(18-8-10-21(11-9-18)34(38)39)33(27(37)26(23)36)28-31-32-29(41-28)40-16-20-6-3-5-17-4-1-2-7-22(17)20/h1-15,24,35H,16H2. The van der Waals surface area contributed by atoms with E-state index in [0.29, 0.717) is 21.2 Å². The number of carbonyl (C=O) groups excluding carboxylic acids is 2. The third-order valence-electron chi connectivity index (χ3n) is 6.65. The highest BCUT2D eigenvalue weighted by molar-refractivity contribution is 8.00. The second kappa shape index (κ2) is 10.9. The van der Waals surface area contributed by atoms with Crippen molar-refractivity contribution < 1.29 is 19.6 Å². The molecule has 1 aliphatic heterocycles. The van der Waals surface area contributed by atoms with Crippen LogP contribution in [0.4, 0.5) is 10.8 Å². The number of anilines is 1. The van der Waals surface area contributed by atoms with Crippen molar-refractivity contribution in [3.05, 3.63) is 124 Å². The van der Waals surface area contributed by atoms with Crippen molar-refractivity contribution in [1.82, 2.24) is 15.2 Å². The van der Waals surface area contributed by atoms with Gasteiger partial charge < -0.3 is 5.11 Å². The first-order valence-corrected chi connectivity index (χ1v) is 14.1. The highest BCUT2D eigenvalue weighted by Gasteiger charge is 2.48. The monoisotopic (exact) mass is 581 g/mol. The molecule has 5 aromatic rings. The molecule has 0 bridgehead atoms. The van der Waals surface area contributed by atoms with Gasteiger partial charge in [-0.1, -0.05) is 65.6 Å². The Morgan fingerprint density at radius 2 is 1.71 bits per heavy atom. The summed E-state index contributed by atoms with van der Waals surface area (Å²) in [6, 6.07) is 21.6. The van der Waals surface area contributed by atoms with Gasteiger partial charge in [0.05, 0.1) is 16.5 Å². The maximum atomic E-state index is 13.4. The predicted octanol–water partition coefficient (Wildman–Crippen LogP) is 5.91. The molecular formula is C29H19N5O5S2. The smallest absolute Gasteiger partial charge is 0.301 e. The van der Waals surface area contributed by atoms with E-state index >= 15 is 0 Å². The van der Waals surface area contributed by atoms with E-state index in [4.69, 9.17) is 0 Å². The number of ketones is 1. The lowest BCUT2D eigenvalue weighted by Gasteiger charge is -2.22. The number of fused-ring (bicyclic) bond motifs is 1. The van der Waals surface area contributed by atoms with E-state index in [-0.39, 0.29) is 22.2 Å². The number of nitro benzene ring substituents is 1. The number of carbonyl (C=O) groups is 2. The zero-order chi connectivity index (χ0) is 28.5. The highest BCUT2D eigenvalue weighted by Crippen LogP contribution is 2.44. The maximum absolute atomic E-state index is 13.4. The summed E-state index contributed by atoms with van der Waals surface area (Å²) in [4.78, 5) is 42.5. The van der Waals surface area contributed by atoms with Gasteiger partial charge in [-0.05, 0) is 46.2 Å². The minimum atomic E-state index is -1.08.